The summed E-state index contributed by atoms with van der Waals surface area (Å²) in [6, 6.07) is 1.20. The average Bonchev–Trinajstić information content (AvgIpc) is 2.74. The van der Waals surface area contributed by atoms with Gasteiger partial charge in [0, 0.05) is 4.88 Å². The molecule has 0 aliphatic rings. The zero-order chi connectivity index (χ0) is 14.2. The molecule has 0 saturated carbocycles. The van der Waals surface area contributed by atoms with Crippen molar-refractivity contribution in [2.45, 2.75) is 33.2 Å². The van der Waals surface area contributed by atoms with E-state index in [-0.39, 0.29) is 5.56 Å². The molecule has 0 N–H and O–H groups in total. The highest BCUT2D eigenvalue weighted by molar-refractivity contribution is 7.18. The molecule has 0 aliphatic heterocycles. The minimum atomic E-state index is -0.616. The molecule has 2 heterocycles. The number of hydrogen-bond acceptors (Lipinski definition) is 5. The Kier molecular flexibility index (Phi) is 3.71. The van der Waals surface area contributed by atoms with Crippen LogP contribution in [-0.4, -0.2) is 22.6 Å². The molecule has 1 unspecified atom stereocenters. The highest BCUT2D eigenvalue weighted by atomic mass is 32.1. The first-order valence-electron chi connectivity index (χ1n) is 6.06. The fourth-order valence-electron chi connectivity index (χ4n) is 2.17. The zero-order valence-electron chi connectivity index (χ0n) is 11.4. The van der Waals surface area contributed by atoms with E-state index in [1.54, 1.807) is 6.92 Å². The minimum absolute atomic E-state index is 0.177. The summed E-state index contributed by atoms with van der Waals surface area (Å²) in [6.07, 6.45) is 0.490. The van der Waals surface area contributed by atoms with E-state index in [0.717, 1.165) is 9.71 Å². The topological polar surface area (TPSA) is 61.2 Å². The Bertz CT molecular complexity index is 687. The molecule has 0 bridgehead atoms. The van der Waals surface area contributed by atoms with Crippen molar-refractivity contribution in [2.75, 3.05) is 7.11 Å². The van der Waals surface area contributed by atoms with Gasteiger partial charge in [0.05, 0.1) is 12.5 Å². The van der Waals surface area contributed by atoms with Gasteiger partial charge >= 0.3 is 5.97 Å². The number of fused-ring (bicyclic) bond motifs is 1. The number of aryl methyl sites for hydroxylation is 2. The largest absolute Gasteiger partial charge is 0.467 e. The van der Waals surface area contributed by atoms with Crippen LogP contribution in [0.15, 0.2) is 10.9 Å². The summed E-state index contributed by atoms with van der Waals surface area (Å²) in [7, 11) is 1.33. The van der Waals surface area contributed by atoms with Gasteiger partial charge in [0.1, 0.15) is 16.7 Å². The predicted molar refractivity (Wildman–Crippen MR) is 74.7 cm³/mol. The molecule has 2 aromatic heterocycles. The summed E-state index contributed by atoms with van der Waals surface area (Å²) in [4.78, 5) is 30.5. The van der Waals surface area contributed by atoms with Crippen LogP contribution in [0.4, 0.5) is 0 Å². The van der Waals surface area contributed by atoms with Crippen molar-refractivity contribution in [2.24, 2.45) is 0 Å². The summed E-state index contributed by atoms with van der Waals surface area (Å²) in [5.41, 5.74) is -0.177. The second-order valence-corrected chi connectivity index (χ2v) is 5.59. The maximum Gasteiger partial charge on any atom is 0.329 e. The van der Waals surface area contributed by atoms with Gasteiger partial charge in [-0.15, -0.1) is 11.3 Å². The number of ether oxygens (including phenoxy) is 1. The standard InChI is InChI=1S/C13H16N2O3S/c1-5-10(13(17)18-4)15-8(3)14-11-9(12(15)16)6-7(2)19-11/h6,10H,5H2,1-4H3. The van der Waals surface area contributed by atoms with E-state index in [9.17, 15) is 9.59 Å². The van der Waals surface area contributed by atoms with Gasteiger partial charge in [0.25, 0.3) is 5.56 Å². The molecular weight excluding hydrogens is 264 g/mol. The third-order valence-electron chi connectivity index (χ3n) is 3.07. The molecule has 0 radical (unpaired) electrons. The molecular formula is C13H16N2O3S. The third kappa shape index (κ3) is 2.28. The van der Waals surface area contributed by atoms with Crippen molar-refractivity contribution in [1.82, 2.24) is 9.55 Å². The van der Waals surface area contributed by atoms with E-state index < -0.39 is 12.0 Å². The molecule has 2 aromatic rings. The van der Waals surface area contributed by atoms with E-state index in [4.69, 9.17) is 4.74 Å². The zero-order valence-corrected chi connectivity index (χ0v) is 12.2. The third-order valence-corrected chi connectivity index (χ3v) is 4.01. The molecule has 0 saturated heterocycles. The van der Waals surface area contributed by atoms with Gasteiger partial charge < -0.3 is 4.74 Å². The second-order valence-electron chi connectivity index (χ2n) is 4.36. The molecule has 1 atom stereocenters. The van der Waals surface area contributed by atoms with Gasteiger partial charge in [-0.25, -0.2) is 9.78 Å². The molecule has 0 aliphatic carbocycles. The lowest BCUT2D eigenvalue weighted by atomic mass is 10.2. The van der Waals surface area contributed by atoms with E-state index >= 15 is 0 Å². The van der Waals surface area contributed by atoms with Gasteiger partial charge in [-0.3, -0.25) is 9.36 Å². The molecule has 0 spiro atoms. The van der Waals surface area contributed by atoms with E-state index in [2.05, 4.69) is 4.98 Å². The van der Waals surface area contributed by atoms with E-state index in [0.29, 0.717) is 17.6 Å². The Hall–Kier alpha value is -1.69. The number of nitrogens with zero attached hydrogens (tertiary/aromatic N) is 2. The van der Waals surface area contributed by atoms with Gasteiger partial charge in [0.15, 0.2) is 0 Å². The van der Waals surface area contributed by atoms with Crippen LogP contribution >= 0.6 is 11.3 Å². The fourth-order valence-corrected chi connectivity index (χ4v) is 3.09. The number of esters is 1. The van der Waals surface area contributed by atoms with Crippen LogP contribution in [0.3, 0.4) is 0 Å². The number of thiophene rings is 1. The summed E-state index contributed by atoms with van der Waals surface area (Å²) >= 11 is 1.48. The summed E-state index contributed by atoms with van der Waals surface area (Å²) < 4.78 is 6.19. The maximum atomic E-state index is 12.5. The Morgan fingerprint density at radius 3 is 2.79 bits per heavy atom. The summed E-state index contributed by atoms with van der Waals surface area (Å²) in [5.74, 6) is 0.123. The quantitative estimate of drug-likeness (QED) is 0.809. The van der Waals surface area contributed by atoms with Gasteiger partial charge in [0.2, 0.25) is 0 Å². The maximum absolute atomic E-state index is 12.5. The lowest BCUT2D eigenvalue weighted by Gasteiger charge is -2.17. The van der Waals surface area contributed by atoms with E-state index in [1.807, 2.05) is 19.9 Å². The molecule has 19 heavy (non-hydrogen) atoms. The van der Waals surface area contributed by atoms with Gasteiger partial charge in [-0.1, -0.05) is 6.92 Å². The number of rotatable bonds is 3. The summed E-state index contributed by atoms with van der Waals surface area (Å²) in [5, 5.41) is 0.565. The smallest absolute Gasteiger partial charge is 0.329 e. The number of hydrogen-bond donors (Lipinski definition) is 0. The molecule has 0 fully saturated rings. The van der Waals surface area contributed by atoms with Crippen molar-refractivity contribution >= 4 is 27.5 Å². The molecule has 2 rings (SSSR count). The first-order valence-corrected chi connectivity index (χ1v) is 6.88. The number of carbonyl (C=O) groups excluding carboxylic acids is 1. The highest BCUT2D eigenvalue weighted by Gasteiger charge is 2.24. The van der Waals surface area contributed by atoms with Crippen LogP contribution in [0.2, 0.25) is 0 Å². The first kappa shape index (κ1) is 13.7. The molecule has 5 nitrogen and oxygen atoms in total. The molecule has 0 amide bonds. The highest BCUT2D eigenvalue weighted by Crippen LogP contribution is 2.22. The normalized spacial score (nSPS) is 12.6. The molecule has 102 valence electrons. The number of methoxy groups -OCH3 is 1. The average molecular weight is 280 g/mol. The van der Waals surface area contributed by atoms with Crippen LogP contribution in [-0.2, 0) is 9.53 Å². The van der Waals surface area contributed by atoms with Crippen LogP contribution in [0.25, 0.3) is 10.2 Å². The lowest BCUT2D eigenvalue weighted by Crippen LogP contribution is -2.32. The van der Waals surface area contributed by atoms with Gasteiger partial charge in [-0.05, 0) is 26.3 Å². The van der Waals surface area contributed by atoms with Crippen molar-refractivity contribution < 1.29 is 9.53 Å². The predicted octanol–water partition coefficient (Wildman–Crippen LogP) is 2.20. The Morgan fingerprint density at radius 2 is 2.21 bits per heavy atom. The number of aromatic nitrogens is 2. The van der Waals surface area contributed by atoms with Crippen LogP contribution in [0, 0.1) is 13.8 Å². The van der Waals surface area contributed by atoms with Crippen LogP contribution in [0.1, 0.15) is 30.1 Å². The Labute approximate surface area is 114 Å². The Morgan fingerprint density at radius 1 is 1.53 bits per heavy atom. The van der Waals surface area contributed by atoms with E-state index in [1.165, 1.54) is 23.0 Å². The van der Waals surface area contributed by atoms with Crippen molar-refractivity contribution in [1.29, 1.82) is 0 Å². The minimum Gasteiger partial charge on any atom is -0.467 e. The second kappa shape index (κ2) is 5.13. The SMILES string of the molecule is CCC(C(=O)OC)n1c(C)nc2sc(C)cc2c1=O. The van der Waals surface area contributed by atoms with Crippen molar-refractivity contribution in [3.8, 4) is 0 Å². The Balaban J connectivity index is 2.72. The van der Waals surface area contributed by atoms with Crippen molar-refractivity contribution in [3.63, 3.8) is 0 Å². The lowest BCUT2D eigenvalue weighted by molar-refractivity contribution is -0.144. The fraction of sp³-hybridized carbons (Fsp3) is 0.462. The van der Waals surface area contributed by atoms with Crippen LogP contribution in [0.5, 0.6) is 0 Å². The molecule has 0 aromatic carbocycles. The monoisotopic (exact) mass is 280 g/mol. The van der Waals surface area contributed by atoms with Crippen molar-refractivity contribution in [3.05, 3.63) is 27.1 Å². The molecule has 6 heteroatoms. The summed E-state index contributed by atoms with van der Waals surface area (Å²) in [6.45, 7) is 5.51. The van der Waals surface area contributed by atoms with Crippen LogP contribution < -0.4 is 5.56 Å². The first-order chi connectivity index (χ1) is 8.99. The van der Waals surface area contributed by atoms with Gasteiger partial charge in [-0.2, -0.15) is 0 Å². The number of carbonyl (C=O) groups is 1.